The number of halogens is 1. The summed E-state index contributed by atoms with van der Waals surface area (Å²) in [6.07, 6.45) is 4.74. The van der Waals surface area contributed by atoms with Crippen molar-refractivity contribution < 1.29 is 4.39 Å². The Morgan fingerprint density at radius 3 is 2.00 bits per heavy atom. The molecule has 0 aliphatic heterocycles. The summed E-state index contributed by atoms with van der Waals surface area (Å²) in [5, 5.41) is 0. The number of hydrogen-bond donors (Lipinski definition) is 0. The molecule has 0 spiro atoms. The Balaban J connectivity index is 4.22. The first kappa shape index (κ1) is 13.3. The fraction of sp³-hybridized carbons (Fsp3) is 1.00. The van der Waals surface area contributed by atoms with Crippen LogP contribution in [0.4, 0.5) is 4.39 Å². The van der Waals surface area contributed by atoms with Crippen molar-refractivity contribution in [3.05, 3.63) is 0 Å². The van der Waals surface area contributed by atoms with E-state index in [0.29, 0.717) is 0 Å². The van der Waals surface area contributed by atoms with E-state index in [1.54, 1.807) is 0 Å². The standard InChI is InChI=1S/C11H25FS/c1-7-11(3,4)10(12)9-13(5,6)8-2/h10H,7-9H2,1-6H3. The van der Waals surface area contributed by atoms with Gasteiger partial charge in [-0.3, -0.25) is 0 Å². The zero-order valence-corrected chi connectivity index (χ0v) is 10.8. The maximum absolute atomic E-state index is 13.9. The zero-order valence-electron chi connectivity index (χ0n) is 9.98. The van der Waals surface area contributed by atoms with Gasteiger partial charge in [-0.25, -0.2) is 14.4 Å². The topological polar surface area (TPSA) is 0 Å². The Morgan fingerprint density at radius 1 is 1.23 bits per heavy atom. The number of rotatable bonds is 5. The highest BCUT2D eigenvalue weighted by Gasteiger charge is 2.30. The van der Waals surface area contributed by atoms with Gasteiger partial charge in [0.1, 0.15) is 6.17 Å². The lowest BCUT2D eigenvalue weighted by molar-refractivity contribution is 0.159. The molecule has 13 heavy (non-hydrogen) atoms. The highest BCUT2D eigenvalue weighted by Crippen LogP contribution is 2.44. The van der Waals surface area contributed by atoms with Gasteiger partial charge in [0.2, 0.25) is 0 Å². The molecule has 0 aromatic heterocycles. The first-order valence-electron chi connectivity index (χ1n) is 5.08. The van der Waals surface area contributed by atoms with Crippen LogP contribution in [0.5, 0.6) is 0 Å². The van der Waals surface area contributed by atoms with Gasteiger partial charge in [-0.1, -0.05) is 27.7 Å². The third-order valence-electron chi connectivity index (χ3n) is 3.14. The maximum atomic E-state index is 13.9. The molecular weight excluding hydrogens is 183 g/mol. The summed E-state index contributed by atoms with van der Waals surface area (Å²) >= 11 is 0. The lowest BCUT2D eigenvalue weighted by Crippen LogP contribution is -2.30. The second-order valence-corrected chi connectivity index (χ2v) is 9.48. The van der Waals surface area contributed by atoms with Gasteiger partial charge in [0.05, 0.1) is 0 Å². The van der Waals surface area contributed by atoms with Gasteiger partial charge in [-0.05, 0) is 30.1 Å². The Morgan fingerprint density at radius 2 is 1.69 bits per heavy atom. The Bertz CT molecular complexity index is 152. The Kier molecular flexibility index (Phi) is 4.78. The predicted molar refractivity (Wildman–Crippen MR) is 63.8 cm³/mol. The Labute approximate surface area is 84.6 Å². The van der Waals surface area contributed by atoms with E-state index in [2.05, 4.69) is 26.4 Å². The Hall–Kier alpha value is 0.280. The van der Waals surface area contributed by atoms with E-state index in [-0.39, 0.29) is 5.41 Å². The maximum Gasteiger partial charge on any atom is 0.113 e. The summed E-state index contributed by atoms with van der Waals surface area (Å²) in [5.41, 5.74) is -0.139. The van der Waals surface area contributed by atoms with Crippen LogP contribution >= 0.6 is 10.0 Å². The molecule has 82 valence electrons. The highest BCUT2D eigenvalue weighted by molar-refractivity contribution is 8.32. The molecule has 1 unspecified atom stereocenters. The predicted octanol–water partition coefficient (Wildman–Crippen LogP) is 3.84. The average Bonchev–Trinajstić information content (AvgIpc) is 2.04. The van der Waals surface area contributed by atoms with Crippen LogP contribution in [-0.2, 0) is 0 Å². The monoisotopic (exact) mass is 208 g/mol. The van der Waals surface area contributed by atoms with Crippen molar-refractivity contribution in [3.8, 4) is 0 Å². The minimum atomic E-state index is -0.687. The highest BCUT2D eigenvalue weighted by atomic mass is 32.3. The molecule has 1 atom stereocenters. The van der Waals surface area contributed by atoms with E-state index >= 15 is 0 Å². The summed E-state index contributed by atoms with van der Waals surface area (Å²) in [6.45, 7) is 8.30. The largest absolute Gasteiger partial charge is 0.246 e. The van der Waals surface area contributed by atoms with Crippen molar-refractivity contribution >= 4 is 10.0 Å². The summed E-state index contributed by atoms with van der Waals surface area (Å²) in [5.74, 6) is 1.90. The van der Waals surface area contributed by atoms with Crippen molar-refractivity contribution in [2.75, 3.05) is 24.0 Å². The molecule has 0 bridgehead atoms. The third-order valence-corrected chi connectivity index (χ3v) is 5.90. The van der Waals surface area contributed by atoms with Gasteiger partial charge in [-0.2, -0.15) is 0 Å². The van der Waals surface area contributed by atoms with Crippen LogP contribution in [0.25, 0.3) is 0 Å². The molecule has 0 rings (SSSR count). The summed E-state index contributed by atoms with van der Waals surface area (Å²) in [6, 6.07) is 0. The summed E-state index contributed by atoms with van der Waals surface area (Å²) in [7, 11) is -0.687. The van der Waals surface area contributed by atoms with Crippen LogP contribution in [-0.4, -0.2) is 30.2 Å². The molecule has 0 aliphatic carbocycles. The van der Waals surface area contributed by atoms with Crippen molar-refractivity contribution in [1.29, 1.82) is 0 Å². The second-order valence-electron chi connectivity index (χ2n) is 5.03. The fourth-order valence-corrected chi connectivity index (χ4v) is 2.44. The molecule has 2 heteroatoms. The van der Waals surface area contributed by atoms with Crippen molar-refractivity contribution in [1.82, 2.24) is 0 Å². The van der Waals surface area contributed by atoms with Gasteiger partial charge in [0, 0.05) is 5.75 Å². The van der Waals surface area contributed by atoms with E-state index in [9.17, 15) is 4.39 Å². The number of alkyl halides is 1. The van der Waals surface area contributed by atoms with Gasteiger partial charge in [0.15, 0.2) is 0 Å². The molecule has 0 heterocycles. The summed E-state index contributed by atoms with van der Waals surface area (Å²) in [4.78, 5) is 0. The first-order chi connectivity index (χ1) is 5.75. The van der Waals surface area contributed by atoms with Crippen LogP contribution in [0.2, 0.25) is 0 Å². The van der Waals surface area contributed by atoms with Crippen LogP contribution in [0.1, 0.15) is 34.1 Å². The third kappa shape index (κ3) is 4.35. The molecule has 0 aliphatic rings. The van der Waals surface area contributed by atoms with Gasteiger partial charge in [0.25, 0.3) is 0 Å². The molecule has 0 N–H and O–H groups in total. The molecular formula is C11H25FS. The molecule has 0 saturated heterocycles. The fourth-order valence-electron chi connectivity index (χ4n) is 0.961. The van der Waals surface area contributed by atoms with Gasteiger partial charge in [-0.15, -0.1) is 0 Å². The van der Waals surface area contributed by atoms with Crippen LogP contribution in [0.3, 0.4) is 0 Å². The summed E-state index contributed by atoms with van der Waals surface area (Å²) < 4.78 is 13.9. The molecule has 0 amide bonds. The smallest absolute Gasteiger partial charge is 0.113 e. The van der Waals surface area contributed by atoms with Crippen molar-refractivity contribution in [2.45, 2.75) is 40.3 Å². The van der Waals surface area contributed by atoms with Crippen LogP contribution in [0, 0.1) is 5.41 Å². The van der Waals surface area contributed by atoms with Gasteiger partial charge < -0.3 is 0 Å². The lowest BCUT2D eigenvalue weighted by atomic mass is 9.86. The van der Waals surface area contributed by atoms with Gasteiger partial charge >= 0.3 is 0 Å². The van der Waals surface area contributed by atoms with E-state index in [1.165, 1.54) is 0 Å². The molecule has 0 radical (unpaired) electrons. The minimum Gasteiger partial charge on any atom is -0.246 e. The lowest BCUT2D eigenvalue weighted by Gasteiger charge is -2.37. The molecule has 0 aromatic carbocycles. The quantitative estimate of drug-likeness (QED) is 0.644. The molecule has 0 nitrogen and oxygen atoms in total. The van der Waals surface area contributed by atoms with Crippen LogP contribution < -0.4 is 0 Å². The van der Waals surface area contributed by atoms with E-state index < -0.39 is 16.2 Å². The van der Waals surface area contributed by atoms with Crippen molar-refractivity contribution in [2.24, 2.45) is 5.41 Å². The molecule has 0 saturated carbocycles. The van der Waals surface area contributed by atoms with E-state index in [4.69, 9.17) is 0 Å². The van der Waals surface area contributed by atoms with E-state index in [0.717, 1.165) is 17.9 Å². The second kappa shape index (κ2) is 4.68. The normalized spacial score (nSPS) is 17.2. The average molecular weight is 208 g/mol. The first-order valence-corrected chi connectivity index (χ1v) is 7.86. The molecule has 0 fully saturated rings. The van der Waals surface area contributed by atoms with Crippen LogP contribution in [0.15, 0.2) is 0 Å². The number of hydrogen-bond acceptors (Lipinski definition) is 0. The van der Waals surface area contributed by atoms with Crippen molar-refractivity contribution in [3.63, 3.8) is 0 Å². The SMILES string of the molecule is CCC(C)(C)C(F)CS(C)(C)CC. The van der Waals surface area contributed by atoms with E-state index in [1.807, 2.05) is 13.8 Å². The minimum absolute atomic E-state index is 0.139. The molecule has 0 aromatic rings. The zero-order chi connectivity index (χ0) is 10.7.